The zero-order valence-electron chi connectivity index (χ0n) is 15.0. The van der Waals surface area contributed by atoms with E-state index in [1.54, 1.807) is 6.92 Å². The molecule has 0 spiro atoms. The van der Waals surface area contributed by atoms with E-state index in [9.17, 15) is 9.90 Å². The maximum Gasteiger partial charge on any atom is 0.238 e. The van der Waals surface area contributed by atoms with Crippen molar-refractivity contribution in [2.24, 2.45) is 0 Å². The van der Waals surface area contributed by atoms with Crippen LogP contribution in [0.4, 0.5) is 11.4 Å². The van der Waals surface area contributed by atoms with Gasteiger partial charge in [-0.15, -0.1) is 0 Å². The maximum absolute atomic E-state index is 12.0. The van der Waals surface area contributed by atoms with Crippen molar-refractivity contribution in [3.05, 3.63) is 24.3 Å². The molecule has 0 saturated heterocycles. The van der Waals surface area contributed by atoms with E-state index in [0.29, 0.717) is 25.6 Å². The van der Waals surface area contributed by atoms with Crippen LogP contribution in [-0.2, 0) is 4.79 Å². The summed E-state index contributed by atoms with van der Waals surface area (Å²) in [7, 11) is 1.88. The van der Waals surface area contributed by atoms with E-state index in [0.717, 1.165) is 17.9 Å². The Kier molecular flexibility index (Phi) is 8.06. The Balaban J connectivity index is 2.52. The summed E-state index contributed by atoms with van der Waals surface area (Å²) in [6, 6.07) is 8.40. The molecule has 23 heavy (non-hydrogen) atoms. The van der Waals surface area contributed by atoms with Crippen LogP contribution in [0.25, 0.3) is 0 Å². The lowest BCUT2D eigenvalue weighted by molar-refractivity contribution is -0.117. The van der Waals surface area contributed by atoms with Crippen LogP contribution in [0, 0.1) is 0 Å². The number of rotatable bonds is 9. The standard InChI is InChI=1S/C18H31N3O2/c1-6-21(14(2)3)17-9-7-16(8-10-17)19-18(23)13-20(5)12-11-15(4)22/h7-10,14-15,22H,6,11-13H2,1-5H3,(H,19,23). The largest absolute Gasteiger partial charge is 0.393 e. The fraction of sp³-hybridized carbons (Fsp3) is 0.611. The van der Waals surface area contributed by atoms with E-state index >= 15 is 0 Å². The first kappa shape index (κ1) is 19.5. The van der Waals surface area contributed by atoms with Gasteiger partial charge in [-0.1, -0.05) is 0 Å². The molecule has 1 aromatic rings. The number of likely N-dealkylation sites (N-methyl/N-ethyl adjacent to an activating group) is 1. The number of carbonyl (C=O) groups excluding carboxylic acids is 1. The Bertz CT molecular complexity index is 472. The first-order valence-electron chi connectivity index (χ1n) is 8.36. The zero-order chi connectivity index (χ0) is 17.4. The molecule has 0 fully saturated rings. The number of hydrogen-bond acceptors (Lipinski definition) is 4. The molecule has 0 radical (unpaired) electrons. The van der Waals surface area contributed by atoms with Crippen LogP contribution < -0.4 is 10.2 Å². The van der Waals surface area contributed by atoms with Crippen molar-refractivity contribution in [1.82, 2.24) is 4.90 Å². The monoisotopic (exact) mass is 321 g/mol. The minimum absolute atomic E-state index is 0.0398. The van der Waals surface area contributed by atoms with Gasteiger partial charge in [0, 0.05) is 30.5 Å². The number of amides is 1. The smallest absolute Gasteiger partial charge is 0.238 e. The Labute approximate surface area is 140 Å². The third kappa shape index (κ3) is 7.01. The molecule has 1 amide bonds. The van der Waals surface area contributed by atoms with Gasteiger partial charge in [-0.3, -0.25) is 9.69 Å². The van der Waals surface area contributed by atoms with Gasteiger partial charge in [0.25, 0.3) is 0 Å². The van der Waals surface area contributed by atoms with Crippen molar-refractivity contribution < 1.29 is 9.90 Å². The summed E-state index contributed by atoms with van der Waals surface area (Å²) in [6.07, 6.45) is 0.330. The van der Waals surface area contributed by atoms with E-state index < -0.39 is 0 Å². The predicted octanol–water partition coefficient (Wildman–Crippen LogP) is 2.56. The Morgan fingerprint density at radius 3 is 2.30 bits per heavy atom. The van der Waals surface area contributed by atoms with Crippen molar-refractivity contribution in [3.8, 4) is 0 Å². The number of benzene rings is 1. The highest BCUT2D eigenvalue weighted by Crippen LogP contribution is 2.19. The third-order valence-corrected chi connectivity index (χ3v) is 3.79. The number of carbonyl (C=O) groups is 1. The van der Waals surface area contributed by atoms with E-state index in [2.05, 4.69) is 31.0 Å². The van der Waals surface area contributed by atoms with Gasteiger partial charge >= 0.3 is 0 Å². The first-order chi connectivity index (χ1) is 10.8. The highest BCUT2D eigenvalue weighted by atomic mass is 16.3. The molecule has 5 nitrogen and oxygen atoms in total. The Morgan fingerprint density at radius 1 is 1.22 bits per heavy atom. The quantitative estimate of drug-likeness (QED) is 0.734. The van der Waals surface area contributed by atoms with Crippen molar-refractivity contribution in [2.45, 2.75) is 46.3 Å². The molecule has 1 aromatic carbocycles. The summed E-state index contributed by atoms with van der Waals surface area (Å²) in [4.78, 5) is 16.2. The second-order valence-corrected chi connectivity index (χ2v) is 6.35. The first-order valence-corrected chi connectivity index (χ1v) is 8.36. The van der Waals surface area contributed by atoms with Gasteiger partial charge in [-0.2, -0.15) is 0 Å². The molecule has 1 atom stereocenters. The van der Waals surface area contributed by atoms with Crippen LogP contribution in [0.2, 0.25) is 0 Å². The molecule has 1 rings (SSSR count). The SMILES string of the molecule is CCN(c1ccc(NC(=O)CN(C)CCC(C)O)cc1)C(C)C. The van der Waals surface area contributed by atoms with Crippen LogP contribution in [-0.4, -0.2) is 54.7 Å². The predicted molar refractivity (Wildman–Crippen MR) is 97.0 cm³/mol. The van der Waals surface area contributed by atoms with Crippen LogP contribution in [0.3, 0.4) is 0 Å². The van der Waals surface area contributed by atoms with Gasteiger partial charge in [-0.25, -0.2) is 0 Å². The molecule has 0 saturated carbocycles. The molecule has 0 aliphatic carbocycles. The lowest BCUT2D eigenvalue weighted by Crippen LogP contribution is -2.32. The lowest BCUT2D eigenvalue weighted by atomic mass is 10.2. The molecule has 1 unspecified atom stereocenters. The molecule has 0 heterocycles. The summed E-state index contributed by atoms with van der Waals surface area (Å²) in [5.74, 6) is -0.0398. The van der Waals surface area contributed by atoms with Crippen molar-refractivity contribution in [1.29, 1.82) is 0 Å². The van der Waals surface area contributed by atoms with Crippen LogP contribution in [0.5, 0.6) is 0 Å². The number of aliphatic hydroxyl groups is 1. The van der Waals surface area contributed by atoms with Crippen molar-refractivity contribution in [3.63, 3.8) is 0 Å². The summed E-state index contributed by atoms with van der Waals surface area (Å²) >= 11 is 0. The molecule has 5 heteroatoms. The minimum atomic E-state index is -0.337. The van der Waals surface area contributed by atoms with Crippen LogP contribution >= 0.6 is 0 Å². The molecule has 0 aromatic heterocycles. The zero-order valence-corrected chi connectivity index (χ0v) is 15.0. The molecule has 0 aliphatic rings. The van der Waals surface area contributed by atoms with Gasteiger partial charge in [0.2, 0.25) is 5.91 Å². The minimum Gasteiger partial charge on any atom is -0.393 e. The highest BCUT2D eigenvalue weighted by Gasteiger charge is 2.10. The van der Waals surface area contributed by atoms with E-state index in [1.165, 1.54) is 0 Å². The summed E-state index contributed by atoms with van der Waals surface area (Å²) in [6.45, 7) is 10.2. The fourth-order valence-electron chi connectivity index (χ4n) is 2.51. The summed E-state index contributed by atoms with van der Waals surface area (Å²) in [5.41, 5.74) is 1.97. The number of nitrogens with one attached hydrogen (secondary N) is 1. The van der Waals surface area contributed by atoms with Crippen LogP contribution in [0.1, 0.15) is 34.1 Å². The summed E-state index contributed by atoms with van der Waals surface area (Å²) < 4.78 is 0. The van der Waals surface area contributed by atoms with Crippen molar-refractivity contribution in [2.75, 3.05) is 36.9 Å². The maximum atomic E-state index is 12.0. The third-order valence-electron chi connectivity index (χ3n) is 3.79. The Hall–Kier alpha value is -1.59. The molecule has 0 bridgehead atoms. The van der Waals surface area contributed by atoms with Gasteiger partial charge in [0.05, 0.1) is 12.6 Å². The van der Waals surface area contributed by atoms with Gasteiger partial charge in [-0.05, 0) is 65.4 Å². The fourth-order valence-corrected chi connectivity index (χ4v) is 2.51. The molecule has 130 valence electrons. The second-order valence-electron chi connectivity index (χ2n) is 6.35. The lowest BCUT2D eigenvalue weighted by Gasteiger charge is -2.27. The Morgan fingerprint density at radius 2 is 1.83 bits per heavy atom. The average molecular weight is 321 g/mol. The van der Waals surface area contributed by atoms with Crippen molar-refractivity contribution >= 4 is 17.3 Å². The molecule has 2 N–H and O–H groups in total. The van der Waals surface area contributed by atoms with E-state index in [-0.39, 0.29) is 12.0 Å². The molecular formula is C18H31N3O2. The topological polar surface area (TPSA) is 55.8 Å². The second kappa shape index (κ2) is 9.53. The number of aliphatic hydroxyl groups excluding tert-OH is 1. The van der Waals surface area contributed by atoms with Crippen LogP contribution in [0.15, 0.2) is 24.3 Å². The molecule has 0 aliphatic heterocycles. The average Bonchev–Trinajstić information content (AvgIpc) is 2.47. The number of hydrogen-bond donors (Lipinski definition) is 2. The molecular weight excluding hydrogens is 290 g/mol. The summed E-state index contributed by atoms with van der Waals surface area (Å²) in [5, 5.41) is 12.2. The van der Waals surface area contributed by atoms with E-state index in [1.807, 2.05) is 36.2 Å². The van der Waals surface area contributed by atoms with Gasteiger partial charge in [0.1, 0.15) is 0 Å². The van der Waals surface area contributed by atoms with Gasteiger partial charge in [0.15, 0.2) is 0 Å². The normalized spacial score (nSPS) is 12.5. The van der Waals surface area contributed by atoms with Gasteiger partial charge < -0.3 is 15.3 Å². The number of anilines is 2. The number of nitrogens with zero attached hydrogens (tertiary/aromatic N) is 2. The van der Waals surface area contributed by atoms with E-state index in [4.69, 9.17) is 0 Å². The highest BCUT2D eigenvalue weighted by molar-refractivity contribution is 5.92.